The Balaban J connectivity index is 2.05. The maximum absolute atomic E-state index is 13.6. The third-order valence-electron chi connectivity index (χ3n) is 2.92. The number of nitrogen functional groups attached to an aromatic ring is 1. The molecule has 6 heteroatoms. The Morgan fingerprint density at radius 1 is 1.33 bits per heavy atom. The van der Waals surface area contributed by atoms with Crippen LogP contribution in [0, 0.1) is 5.82 Å². The van der Waals surface area contributed by atoms with Gasteiger partial charge in [0.1, 0.15) is 11.6 Å². The van der Waals surface area contributed by atoms with E-state index < -0.39 is 11.7 Å². The van der Waals surface area contributed by atoms with Gasteiger partial charge in [0.25, 0.3) is 5.91 Å². The summed E-state index contributed by atoms with van der Waals surface area (Å²) in [5.74, 6) is -0.610. The van der Waals surface area contributed by atoms with Crippen molar-refractivity contribution in [3.8, 4) is 5.75 Å². The van der Waals surface area contributed by atoms with Gasteiger partial charge in [0.2, 0.25) is 0 Å². The summed E-state index contributed by atoms with van der Waals surface area (Å²) < 4.78 is 18.7. The van der Waals surface area contributed by atoms with Gasteiger partial charge < -0.3 is 15.8 Å². The van der Waals surface area contributed by atoms with Gasteiger partial charge in [-0.05, 0) is 35.9 Å². The molecule has 0 saturated heterocycles. The van der Waals surface area contributed by atoms with Crippen molar-refractivity contribution in [2.45, 2.75) is 6.54 Å². The Morgan fingerprint density at radius 3 is 2.71 bits per heavy atom. The largest absolute Gasteiger partial charge is 0.495 e. The molecule has 0 atom stereocenters. The highest BCUT2D eigenvalue weighted by atomic mass is 35.5. The molecule has 110 valence electrons. The molecule has 0 fully saturated rings. The second-order valence-corrected chi connectivity index (χ2v) is 4.82. The van der Waals surface area contributed by atoms with Gasteiger partial charge in [0.05, 0.1) is 18.4 Å². The average Bonchev–Trinajstić information content (AvgIpc) is 2.45. The lowest BCUT2D eigenvalue weighted by Crippen LogP contribution is -2.23. The van der Waals surface area contributed by atoms with Crippen molar-refractivity contribution in [3.63, 3.8) is 0 Å². The quantitative estimate of drug-likeness (QED) is 0.853. The Labute approximate surface area is 126 Å². The number of anilines is 1. The molecule has 2 aromatic rings. The molecule has 4 nitrogen and oxygen atoms in total. The molecule has 0 bridgehead atoms. The average molecular weight is 309 g/mol. The topological polar surface area (TPSA) is 64.3 Å². The SMILES string of the molecule is COc1ccc(CNC(=O)c2ccc(Cl)cc2F)cc1N. The van der Waals surface area contributed by atoms with Crippen LogP contribution >= 0.6 is 11.6 Å². The van der Waals surface area contributed by atoms with Gasteiger partial charge in [-0.3, -0.25) is 4.79 Å². The molecule has 0 aliphatic rings. The van der Waals surface area contributed by atoms with Gasteiger partial charge >= 0.3 is 0 Å². The van der Waals surface area contributed by atoms with Gasteiger partial charge in [-0.2, -0.15) is 0 Å². The van der Waals surface area contributed by atoms with E-state index in [0.717, 1.165) is 11.6 Å². The summed E-state index contributed by atoms with van der Waals surface area (Å²) in [6.45, 7) is 0.231. The van der Waals surface area contributed by atoms with Gasteiger partial charge in [0.15, 0.2) is 0 Å². The minimum atomic E-state index is -0.658. The molecular formula is C15H14ClFN2O2. The van der Waals surface area contributed by atoms with E-state index in [2.05, 4.69) is 5.32 Å². The van der Waals surface area contributed by atoms with Crippen LogP contribution in [-0.2, 0) is 6.54 Å². The summed E-state index contributed by atoms with van der Waals surface area (Å²) in [7, 11) is 1.52. The number of methoxy groups -OCH3 is 1. The van der Waals surface area contributed by atoms with Gasteiger partial charge in [-0.1, -0.05) is 17.7 Å². The molecule has 3 N–H and O–H groups in total. The van der Waals surface area contributed by atoms with E-state index in [4.69, 9.17) is 22.1 Å². The van der Waals surface area contributed by atoms with Crippen LogP contribution in [0.2, 0.25) is 5.02 Å². The summed E-state index contributed by atoms with van der Waals surface area (Å²) >= 11 is 5.64. The van der Waals surface area contributed by atoms with Crippen molar-refractivity contribution in [2.24, 2.45) is 0 Å². The molecule has 0 spiro atoms. The number of halogens is 2. The van der Waals surface area contributed by atoms with Crippen molar-refractivity contribution in [1.82, 2.24) is 5.32 Å². The second kappa shape index (κ2) is 6.45. The van der Waals surface area contributed by atoms with Crippen molar-refractivity contribution >= 4 is 23.2 Å². The zero-order valence-electron chi connectivity index (χ0n) is 11.3. The molecule has 0 radical (unpaired) electrons. The van der Waals surface area contributed by atoms with Crippen molar-refractivity contribution in [2.75, 3.05) is 12.8 Å². The molecule has 0 aliphatic carbocycles. The number of nitrogens with one attached hydrogen (secondary N) is 1. The fourth-order valence-electron chi connectivity index (χ4n) is 1.84. The van der Waals surface area contributed by atoms with E-state index in [1.165, 1.54) is 19.2 Å². The van der Waals surface area contributed by atoms with Crippen LogP contribution in [0.25, 0.3) is 0 Å². The van der Waals surface area contributed by atoms with Crippen LogP contribution < -0.4 is 15.8 Å². The van der Waals surface area contributed by atoms with Gasteiger partial charge in [-0.15, -0.1) is 0 Å². The zero-order chi connectivity index (χ0) is 15.4. The van der Waals surface area contributed by atoms with Gasteiger partial charge in [-0.25, -0.2) is 4.39 Å². The zero-order valence-corrected chi connectivity index (χ0v) is 12.1. The standard InChI is InChI=1S/C15H14ClFN2O2/c1-21-14-5-2-9(6-13(14)18)8-19-15(20)11-4-3-10(16)7-12(11)17/h2-7H,8,18H2,1H3,(H,19,20). The number of amides is 1. The molecule has 0 unspecified atom stereocenters. The van der Waals surface area contributed by atoms with E-state index in [9.17, 15) is 9.18 Å². The number of benzene rings is 2. The van der Waals surface area contributed by atoms with Crippen LogP contribution in [0.15, 0.2) is 36.4 Å². The fourth-order valence-corrected chi connectivity index (χ4v) is 2.00. The molecular weight excluding hydrogens is 295 g/mol. The molecule has 2 aromatic carbocycles. The van der Waals surface area contributed by atoms with Crippen molar-refractivity contribution in [3.05, 3.63) is 58.4 Å². The Hall–Kier alpha value is -2.27. The molecule has 1 amide bonds. The Kier molecular flexibility index (Phi) is 4.65. The van der Waals surface area contributed by atoms with E-state index >= 15 is 0 Å². The highest BCUT2D eigenvalue weighted by Crippen LogP contribution is 2.22. The number of nitrogens with two attached hydrogens (primary N) is 1. The first-order valence-electron chi connectivity index (χ1n) is 6.17. The monoisotopic (exact) mass is 308 g/mol. The summed E-state index contributed by atoms with van der Waals surface area (Å²) in [5.41, 5.74) is 6.99. The Bertz CT molecular complexity index is 677. The smallest absolute Gasteiger partial charge is 0.254 e. The summed E-state index contributed by atoms with van der Waals surface area (Å²) in [5, 5.41) is 2.86. The van der Waals surface area contributed by atoms with Crippen LogP contribution in [0.4, 0.5) is 10.1 Å². The van der Waals surface area contributed by atoms with Crippen molar-refractivity contribution < 1.29 is 13.9 Å². The first-order valence-corrected chi connectivity index (χ1v) is 6.54. The maximum atomic E-state index is 13.6. The van der Waals surface area contributed by atoms with E-state index in [-0.39, 0.29) is 17.1 Å². The lowest BCUT2D eigenvalue weighted by atomic mass is 10.1. The summed E-state index contributed by atoms with van der Waals surface area (Å²) in [6, 6.07) is 9.08. The third kappa shape index (κ3) is 3.64. The predicted molar refractivity (Wildman–Crippen MR) is 80.0 cm³/mol. The van der Waals surface area contributed by atoms with Crippen LogP contribution in [0.3, 0.4) is 0 Å². The highest BCUT2D eigenvalue weighted by Gasteiger charge is 2.12. The normalized spacial score (nSPS) is 10.2. The third-order valence-corrected chi connectivity index (χ3v) is 3.16. The number of hydrogen-bond donors (Lipinski definition) is 2. The fraction of sp³-hybridized carbons (Fsp3) is 0.133. The second-order valence-electron chi connectivity index (χ2n) is 4.38. The van der Waals surface area contributed by atoms with Crippen LogP contribution in [0.1, 0.15) is 15.9 Å². The molecule has 0 heterocycles. The van der Waals surface area contributed by atoms with Gasteiger partial charge in [0, 0.05) is 11.6 Å². The predicted octanol–water partition coefficient (Wildman–Crippen LogP) is 3.00. The number of hydrogen-bond acceptors (Lipinski definition) is 3. The minimum Gasteiger partial charge on any atom is -0.495 e. The Morgan fingerprint density at radius 2 is 2.10 bits per heavy atom. The molecule has 2 rings (SSSR count). The van der Waals surface area contributed by atoms with Crippen molar-refractivity contribution in [1.29, 1.82) is 0 Å². The summed E-state index contributed by atoms with van der Waals surface area (Å²) in [6.07, 6.45) is 0. The number of carbonyl (C=O) groups is 1. The number of rotatable bonds is 4. The lowest BCUT2D eigenvalue weighted by Gasteiger charge is -2.09. The van der Waals surface area contributed by atoms with Crippen LogP contribution in [-0.4, -0.2) is 13.0 Å². The number of carbonyl (C=O) groups excluding carboxylic acids is 1. The molecule has 21 heavy (non-hydrogen) atoms. The molecule has 0 aliphatic heterocycles. The maximum Gasteiger partial charge on any atom is 0.254 e. The van der Waals surface area contributed by atoms with E-state index in [1.54, 1.807) is 18.2 Å². The van der Waals surface area contributed by atoms with E-state index in [0.29, 0.717) is 11.4 Å². The number of ether oxygens (including phenoxy) is 1. The lowest BCUT2D eigenvalue weighted by molar-refractivity contribution is 0.0947. The molecule has 0 saturated carbocycles. The van der Waals surface area contributed by atoms with E-state index in [1.807, 2.05) is 0 Å². The molecule has 0 aromatic heterocycles. The van der Waals surface area contributed by atoms with Crippen LogP contribution in [0.5, 0.6) is 5.75 Å². The highest BCUT2D eigenvalue weighted by molar-refractivity contribution is 6.30. The summed E-state index contributed by atoms with van der Waals surface area (Å²) in [4.78, 5) is 11.9. The minimum absolute atomic E-state index is 0.0547. The first-order chi connectivity index (χ1) is 10.0. The first kappa shape index (κ1) is 15.1.